The fraction of sp³-hybridized carbons (Fsp3) is 0.381. The van der Waals surface area contributed by atoms with Gasteiger partial charge in [-0.2, -0.15) is 0 Å². The van der Waals surface area contributed by atoms with Crippen LogP contribution >= 0.6 is 0 Å². The van der Waals surface area contributed by atoms with Crippen LogP contribution in [0.1, 0.15) is 19.3 Å². The molecule has 32 heavy (non-hydrogen) atoms. The van der Waals surface area contributed by atoms with Gasteiger partial charge >= 0.3 is 6.03 Å². The van der Waals surface area contributed by atoms with Crippen LogP contribution in [0.3, 0.4) is 0 Å². The summed E-state index contributed by atoms with van der Waals surface area (Å²) in [5.41, 5.74) is 0.418. The summed E-state index contributed by atoms with van der Waals surface area (Å²) in [6.45, 7) is -0.304. The van der Waals surface area contributed by atoms with E-state index in [1.807, 2.05) is 0 Å². The molecule has 0 aromatic heterocycles. The second-order valence-corrected chi connectivity index (χ2v) is 9.12. The largest absolute Gasteiger partial charge is 0.394 e. The smallest absolute Gasteiger partial charge is 0.319 e. The number of ether oxygens (including phenoxy) is 1. The topological polar surface area (TPSA) is 117 Å². The van der Waals surface area contributed by atoms with Gasteiger partial charge in [0.1, 0.15) is 22.6 Å². The fourth-order valence-corrected chi connectivity index (χ4v) is 4.60. The van der Waals surface area contributed by atoms with Crippen molar-refractivity contribution in [2.75, 3.05) is 18.5 Å². The van der Waals surface area contributed by atoms with Crippen LogP contribution in [0.2, 0.25) is 0 Å². The Morgan fingerprint density at radius 3 is 2.50 bits per heavy atom. The molecule has 2 aromatic rings. The highest BCUT2D eigenvalue weighted by Crippen LogP contribution is 2.22. The van der Waals surface area contributed by atoms with Gasteiger partial charge in [-0.25, -0.2) is 26.7 Å². The number of aliphatic hydroxyl groups is 1. The summed E-state index contributed by atoms with van der Waals surface area (Å²) >= 11 is 0. The number of rotatable bonds is 8. The Morgan fingerprint density at radius 1 is 1.09 bits per heavy atom. The second-order valence-electron chi connectivity index (χ2n) is 7.39. The Labute approximate surface area is 185 Å². The average Bonchev–Trinajstić information content (AvgIpc) is 2.76. The van der Waals surface area contributed by atoms with Gasteiger partial charge in [0.2, 0.25) is 10.0 Å². The zero-order chi connectivity index (χ0) is 23.1. The van der Waals surface area contributed by atoms with Crippen LogP contribution in [0.15, 0.2) is 53.4 Å². The van der Waals surface area contributed by atoms with E-state index < -0.39 is 44.7 Å². The van der Waals surface area contributed by atoms with E-state index in [9.17, 15) is 27.1 Å². The number of anilines is 1. The molecule has 1 heterocycles. The molecule has 1 aliphatic heterocycles. The fourth-order valence-electron chi connectivity index (χ4n) is 3.47. The van der Waals surface area contributed by atoms with Crippen LogP contribution in [0.25, 0.3) is 0 Å². The highest BCUT2D eigenvalue weighted by molar-refractivity contribution is 7.89. The molecule has 1 fully saturated rings. The number of hydrogen-bond acceptors (Lipinski definition) is 5. The first-order chi connectivity index (χ1) is 15.3. The molecule has 0 aliphatic carbocycles. The maximum absolute atomic E-state index is 13.7. The molecular weight excluding hydrogens is 444 g/mol. The zero-order valence-electron chi connectivity index (χ0n) is 17.1. The number of hydrogen-bond donors (Lipinski definition) is 4. The van der Waals surface area contributed by atoms with E-state index in [1.165, 1.54) is 42.5 Å². The predicted molar refractivity (Wildman–Crippen MR) is 114 cm³/mol. The summed E-state index contributed by atoms with van der Waals surface area (Å²) in [6.07, 6.45) is 0.342. The predicted octanol–water partition coefficient (Wildman–Crippen LogP) is 2.36. The van der Waals surface area contributed by atoms with E-state index in [0.29, 0.717) is 24.9 Å². The van der Waals surface area contributed by atoms with Crippen molar-refractivity contribution in [3.8, 4) is 0 Å². The molecule has 1 saturated heterocycles. The molecular formula is C21H25F2N3O5S. The lowest BCUT2D eigenvalue weighted by atomic mass is 9.97. The summed E-state index contributed by atoms with van der Waals surface area (Å²) in [7, 11) is -3.99. The molecule has 8 nitrogen and oxygen atoms in total. The second kappa shape index (κ2) is 10.8. The molecule has 3 rings (SSSR count). The maximum atomic E-state index is 13.7. The summed E-state index contributed by atoms with van der Waals surface area (Å²) in [6, 6.07) is 9.43. The molecule has 3 atom stereocenters. The van der Waals surface area contributed by atoms with E-state index in [-0.39, 0.29) is 19.3 Å². The van der Waals surface area contributed by atoms with E-state index in [2.05, 4.69) is 15.4 Å². The van der Waals surface area contributed by atoms with Crippen molar-refractivity contribution >= 4 is 21.7 Å². The Balaban J connectivity index is 1.47. The normalized spacial score (nSPS) is 21.2. The van der Waals surface area contributed by atoms with Crippen molar-refractivity contribution in [1.82, 2.24) is 10.0 Å². The van der Waals surface area contributed by atoms with Gasteiger partial charge in [0.25, 0.3) is 0 Å². The maximum Gasteiger partial charge on any atom is 0.319 e. The minimum atomic E-state index is -3.99. The van der Waals surface area contributed by atoms with Crippen LogP contribution in [-0.4, -0.2) is 51.0 Å². The lowest BCUT2D eigenvalue weighted by molar-refractivity contribution is -0.0884. The molecule has 1 aliphatic rings. The lowest BCUT2D eigenvalue weighted by Gasteiger charge is -2.36. The molecule has 0 radical (unpaired) electrons. The zero-order valence-corrected chi connectivity index (χ0v) is 17.9. The number of sulfonamides is 1. The number of amides is 2. The Morgan fingerprint density at radius 2 is 1.81 bits per heavy atom. The molecule has 0 saturated carbocycles. The lowest BCUT2D eigenvalue weighted by Crippen LogP contribution is -2.52. The Hall–Kier alpha value is -2.60. The van der Waals surface area contributed by atoms with Crippen molar-refractivity contribution in [3.05, 3.63) is 60.2 Å². The Bertz CT molecular complexity index is 1020. The van der Waals surface area contributed by atoms with Crippen molar-refractivity contribution in [2.45, 2.75) is 42.4 Å². The summed E-state index contributed by atoms with van der Waals surface area (Å²) in [4.78, 5) is 11.8. The number of benzene rings is 2. The first kappa shape index (κ1) is 24.1. The SMILES string of the molecule is O=C(Nc1ccc(F)cc1)N[C@@H]1CC[C@H](CCNS(=O)(=O)c2ccccc2F)O[C@H]1CO. The summed E-state index contributed by atoms with van der Waals surface area (Å²) < 4.78 is 59.4. The van der Waals surface area contributed by atoms with Gasteiger partial charge in [-0.15, -0.1) is 0 Å². The molecule has 2 amide bonds. The number of nitrogens with one attached hydrogen (secondary N) is 3. The molecule has 2 aromatic carbocycles. The summed E-state index contributed by atoms with van der Waals surface area (Å²) in [5, 5.41) is 15.0. The highest BCUT2D eigenvalue weighted by atomic mass is 32.2. The first-order valence-corrected chi connectivity index (χ1v) is 11.6. The van der Waals surface area contributed by atoms with Crippen LogP contribution in [0.4, 0.5) is 19.3 Å². The van der Waals surface area contributed by atoms with Gasteiger partial charge in [-0.05, 0) is 55.7 Å². The van der Waals surface area contributed by atoms with Crippen LogP contribution in [-0.2, 0) is 14.8 Å². The third-order valence-electron chi connectivity index (χ3n) is 5.10. The number of halogens is 2. The van der Waals surface area contributed by atoms with Gasteiger partial charge in [-0.1, -0.05) is 12.1 Å². The first-order valence-electron chi connectivity index (χ1n) is 10.1. The van der Waals surface area contributed by atoms with Crippen molar-refractivity contribution in [1.29, 1.82) is 0 Å². The summed E-state index contributed by atoms with van der Waals surface area (Å²) in [5.74, 6) is -1.25. The third kappa shape index (κ3) is 6.45. The number of aliphatic hydroxyl groups excluding tert-OH is 1. The third-order valence-corrected chi connectivity index (χ3v) is 6.59. The van der Waals surface area contributed by atoms with Gasteiger partial charge in [-0.3, -0.25) is 0 Å². The minimum Gasteiger partial charge on any atom is -0.394 e. The minimum absolute atomic E-state index is 0.0304. The molecule has 11 heteroatoms. The van der Waals surface area contributed by atoms with Crippen LogP contribution in [0, 0.1) is 11.6 Å². The molecule has 0 unspecified atom stereocenters. The standard InChI is InChI=1S/C21H25F2N3O5S/c22-14-5-7-15(8-6-14)25-21(28)26-18-10-9-16(31-19(18)13-27)11-12-24-32(29,30)20-4-2-1-3-17(20)23/h1-8,16,18-19,24,27H,9-13H2,(H2,25,26,28)/t16-,18-,19+/m1/s1. The Kier molecular flexibility index (Phi) is 8.13. The van der Waals surface area contributed by atoms with Crippen LogP contribution in [0.5, 0.6) is 0 Å². The van der Waals surface area contributed by atoms with E-state index in [4.69, 9.17) is 4.74 Å². The molecule has 4 N–H and O–H groups in total. The van der Waals surface area contributed by atoms with E-state index in [1.54, 1.807) is 0 Å². The van der Waals surface area contributed by atoms with E-state index in [0.717, 1.165) is 6.07 Å². The monoisotopic (exact) mass is 469 g/mol. The number of carbonyl (C=O) groups is 1. The molecule has 174 valence electrons. The number of urea groups is 1. The quantitative estimate of drug-likeness (QED) is 0.474. The van der Waals surface area contributed by atoms with Gasteiger partial charge < -0.3 is 20.5 Å². The van der Waals surface area contributed by atoms with Crippen LogP contribution < -0.4 is 15.4 Å². The van der Waals surface area contributed by atoms with E-state index >= 15 is 0 Å². The average molecular weight is 470 g/mol. The molecule has 0 bridgehead atoms. The van der Waals surface area contributed by atoms with Crippen molar-refractivity contribution in [2.24, 2.45) is 0 Å². The molecule has 0 spiro atoms. The van der Waals surface area contributed by atoms with Gasteiger partial charge in [0.05, 0.1) is 18.8 Å². The number of carbonyl (C=O) groups excluding carboxylic acids is 1. The van der Waals surface area contributed by atoms with Gasteiger partial charge in [0.15, 0.2) is 0 Å². The highest BCUT2D eigenvalue weighted by Gasteiger charge is 2.32. The van der Waals surface area contributed by atoms with Gasteiger partial charge in [0, 0.05) is 12.2 Å². The van der Waals surface area contributed by atoms with Crippen molar-refractivity contribution < 1.29 is 31.8 Å². The van der Waals surface area contributed by atoms with Crippen molar-refractivity contribution in [3.63, 3.8) is 0 Å².